The highest BCUT2D eigenvalue weighted by atomic mass is 35.5. The summed E-state index contributed by atoms with van der Waals surface area (Å²) in [5, 5.41) is 2.02. The second kappa shape index (κ2) is 13.7. The average Bonchev–Trinajstić information content (AvgIpc) is 3.61. The summed E-state index contributed by atoms with van der Waals surface area (Å²) in [4.78, 5) is 33.9. The Morgan fingerprint density at radius 3 is 2.41 bits per heavy atom. The second-order valence-electron chi connectivity index (χ2n) is 12.2. The molecule has 0 spiro atoms. The maximum atomic E-state index is 14.5. The molecule has 246 valence electrons. The molecule has 0 saturated carbocycles. The number of nitrogens with zero attached hydrogens (tertiary/aromatic N) is 3. The number of para-hydroxylation sites is 1. The van der Waals surface area contributed by atoms with Crippen LogP contribution in [0.25, 0.3) is 22.7 Å². The molecule has 0 amide bonds. The van der Waals surface area contributed by atoms with Crippen molar-refractivity contribution >= 4 is 63.2 Å². The minimum Gasteiger partial charge on any atom is -0.463 e. The van der Waals surface area contributed by atoms with Crippen molar-refractivity contribution in [2.45, 2.75) is 39.3 Å². The molecular formula is C40H33Cl2N3O3S. The van der Waals surface area contributed by atoms with Crippen LogP contribution in [0.5, 0.6) is 0 Å². The van der Waals surface area contributed by atoms with Crippen LogP contribution in [0.15, 0.2) is 119 Å². The highest BCUT2D eigenvalue weighted by Gasteiger charge is 2.35. The van der Waals surface area contributed by atoms with Gasteiger partial charge in [-0.2, -0.15) is 0 Å². The molecule has 49 heavy (non-hydrogen) atoms. The van der Waals surface area contributed by atoms with Gasteiger partial charge in [-0.15, -0.1) is 0 Å². The number of benzene rings is 4. The first-order valence-electron chi connectivity index (χ1n) is 16.1. The van der Waals surface area contributed by atoms with E-state index < -0.39 is 12.0 Å². The van der Waals surface area contributed by atoms with Crippen LogP contribution in [0.1, 0.15) is 60.5 Å². The number of thiazole rings is 1. The van der Waals surface area contributed by atoms with Crippen LogP contribution >= 0.6 is 34.5 Å². The van der Waals surface area contributed by atoms with Gasteiger partial charge < -0.3 is 9.30 Å². The van der Waals surface area contributed by atoms with Crippen LogP contribution in [-0.2, 0) is 16.1 Å². The Morgan fingerprint density at radius 1 is 0.959 bits per heavy atom. The summed E-state index contributed by atoms with van der Waals surface area (Å²) < 4.78 is 9.92. The molecule has 0 radical (unpaired) electrons. The van der Waals surface area contributed by atoms with Crippen molar-refractivity contribution in [1.29, 1.82) is 0 Å². The topological polar surface area (TPSA) is 65.6 Å². The minimum absolute atomic E-state index is 0.195. The average molecular weight is 707 g/mol. The van der Waals surface area contributed by atoms with Crippen LogP contribution in [-0.4, -0.2) is 21.7 Å². The Labute approximate surface area is 297 Å². The van der Waals surface area contributed by atoms with Crippen molar-refractivity contribution in [3.63, 3.8) is 0 Å². The molecule has 0 aliphatic carbocycles. The van der Waals surface area contributed by atoms with Gasteiger partial charge in [0.15, 0.2) is 4.80 Å². The number of hydrogen-bond acceptors (Lipinski definition) is 5. The number of aromatic nitrogens is 2. The Bertz CT molecular complexity index is 2420. The lowest BCUT2D eigenvalue weighted by Crippen LogP contribution is -2.40. The molecular weight excluding hydrogens is 673 g/mol. The zero-order valence-electron chi connectivity index (χ0n) is 27.2. The summed E-state index contributed by atoms with van der Waals surface area (Å²) in [5.41, 5.74) is 6.28. The van der Waals surface area contributed by atoms with E-state index in [1.807, 2.05) is 79.0 Å². The molecule has 1 atom stereocenters. The molecule has 2 aromatic heterocycles. The van der Waals surface area contributed by atoms with Gasteiger partial charge in [-0.05, 0) is 53.8 Å². The number of carbonyl (C=O) groups is 1. The number of esters is 1. The van der Waals surface area contributed by atoms with Gasteiger partial charge in [-0.3, -0.25) is 9.36 Å². The first kappa shape index (κ1) is 32.8. The molecule has 3 heterocycles. The standard InChI is InChI=1S/C40H33Cl2N3O3S/c1-4-48-39(47)35-36(27-10-6-5-7-11-27)43-40-45(37(35)28-17-15-26(16-18-28)24(2)3)38(46)34(49-40)21-29-23-44(33-13-9-8-12-30(29)33)22-25-14-19-31(41)32(42)20-25/h5-21,23-24,37H,4,22H2,1-3H3/b34-21+. The van der Waals surface area contributed by atoms with E-state index in [0.717, 1.165) is 33.2 Å². The lowest BCUT2D eigenvalue weighted by atomic mass is 9.91. The second-order valence-corrected chi connectivity index (χ2v) is 14.1. The van der Waals surface area contributed by atoms with Crippen molar-refractivity contribution in [2.24, 2.45) is 4.99 Å². The van der Waals surface area contributed by atoms with Crippen molar-refractivity contribution in [1.82, 2.24) is 9.13 Å². The molecule has 0 fully saturated rings. The summed E-state index contributed by atoms with van der Waals surface area (Å²) in [6.07, 6.45) is 3.97. The maximum Gasteiger partial charge on any atom is 0.338 e. The van der Waals surface area contributed by atoms with Gasteiger partial charge >= 0.3 is 5.97 Å². The van der Waals surface area contributed by atoms with E-state index in [0.29, 0.717) is 43.1 Å². The Morgan fingerprint density at radius 2 is 1.69 bits per heavy atom. The van der Waals surface area contributed by atoms with Gasteiger partial charge in [0.1, 0.15) is 0 Å². The zero-order chi connectivity index (χ0) is 34.2. The number of rotatable bonds is 8. The molecule has 6 aromatic rings. The van der Waals surface area contributed by atoms with Crippen LogP contribution in [0, 0.1) is 0 Å². The van der Waals surface area contributed by atoms with Crippen LogP contribution in [0.3, 0.4) is 0 Å². The van der Waals surface area contributed by atoms with Gasteiger partial charge in [-0.25, -0.2) is 9.79 Å². The van der Waals surface area contributed by atoms with Crippen molar-refractivity contribution in [3.05, 3.63) is 166 Å². The molecule has 1 aliphatic heterocycles. The minimum atomic E-state index is -0.732. The van der Waals surface area contributed by atoms with Crippen molar-refractivity contribution in [3.8, 4) is 0 Å². The van der Waals surface area contributed by atoms with Gasteiger partial charge in [0, 0.05) is 34.8 Å². The smallest absolute Gasteiger partial charge is 0.338 e. The number of halogens is 2. The van der Waals surface area contributed by atoms with Gasteiger partial charge in [0.05, 0.1) is 38.5 Å². The highest BCUT2D eigenvalue weighted by molar-refractivity contribution is 7.07. The Hall–Kier alpha value is -4.69. The van der Waals surface area contributed by atoms with Gasteiger partial charge in [0.2, 0.25) is 0 Å². The molecule has 4 aromatic carbocycles. The Balaban J connectivity index is 1.43. The molecule has 0 N–H and O–H groups in total. The summed E-state index contributed by atoms with van der Waals surface area (Å²) in [5.74, 6) is -0.169. The fourth-order valence-corrected chi connectivity index (χ4v) is 7.63. The van der Waals surface area contributed by atoms with Crippen molar-refractivity contribution < 1.29 is 9.53 Å². The SMILES string of the molecule is CCOC(=O)C1=C(c2ccccc2)N=c2s/c(=C/c3cn(Cc4ccc(Cl)c(Cl)c4)c4ccccc34)c(=O)n2C1c1ccc(C(C)C)cc1. The third-order valence-corrected chi connectivity index (χ3v) is 10.5. The fraction of sp³-hybridized carbons (Fsp3) is 0.175. The summed E-state index contributed by atoms with van der Waals surface area (Å²) in [6, 6.07) is 30.7. The van der Waals surface area contributed by atoms with E-state index in [2.05, 4.69) is 42.7 Å². The van der Waals surface area contributed by atoms with Crippen molar-refractivity contribution in [2.75, 3.05) is 6.61 Å². The lowest BCUT2D eigenvalue weighted by Gasteiger charge is -2.26. The number of ether oxygens (including phenoxy) is 1. The van der Waals surface area contributed by atoms with Crippen LogP contribution in [0.2, 0.25) is 10.0 Å². The summed E-state index contributed by atoms with van der Waals surface area (Å²) in [6.45, 7) is 6.82. The summed E-state index contributed by atoms with van der Waals surface area (Å²) in [7, 11) is 0. The maximum absolute atomic E-state index is 14.5. The molecule has 0 bridgehead atoms. The third kappa shape index (κ3) is 6.30. The first-order valence-corrected chi connectivity index (χ1v) is 17.7. The lowest BCUT2D eigenvalue weighted by molar-refractivity contribution is -0.138. The van der Waals surface area contributed by atoms with Gasteiger partial charge in [-0.1, -0.05) is 127 Å². The normalized spacial score (nSPS) is 14.7. The fourth-order valence-electron chi connectivity index (χ4n) is 6.32. The van der Waals surface area contributed by atoms with E-state index in [-0.39, 0.29) is 12.2 Å². The van der Waals surface area contributed by atoms with Gasteiger partial charge in [0.25, 0.3) is 5.56 Å². The summed E-state index contributed by atoms with van der Waals surface area (Å²) >= 11 is 13.8. The molecule has 6 nitrogen and oxygen atoms in total. The van der Waals surface area contributed by atoms with Crippen LogP contribution in [0.4, 0.5) is 0 Å². The molecule has 9 heteroatoms. The largest absolute Gasteiger partial charge is 0.463 e. The first-order chi connectivity index (χ1) is 23.7. The predicted octanol–water partition coefficient (Wildman–Crippen LogP) is 8.37. The molecule has 1 aliphatic rings. The molecule has 1 unspecified atom stereocenters. The number of fused-ring (bicyclic) bond motifs is 2. The molecule has 7 rings (SSSR count). The molecule has 0 saturated heterocycles. The quantitative estimate of drug-likeness (QED) is 0.150. The monoisotopic (exact) mass is 705 g/mol. The van der Waals surface area contributed by atoms with E-state index >= 15 is 0 Å². The number of carbonyl (C=O) groups excluding carboxylic acids is 1. The number of hydrogen-bond donors (Lipinski definition) is 0. The van der Waals surface area contributed by atoms with E-state index in [9.17, 15) is 9.59 Å². The van der Waals surface area contributed by atoms with Crippen LogP contribution < -0.4 is 14.9 Å². The predicted molar refractivity (Wildman–Crippen MR) is 199 cm³/mol. The highest BCUT2D eigenvalue weighted by Crippen LogP contribution is 2.36. The van der Waals surface area contributed by atoms with E-state index in [1.165, 1.54) is 16.9 Å². The van der Waals surface area contributed by atoms with E-state index in [4.69, 9.17) is 32.9 Å². The third-order valence-electron chi connectivity index (χ3n) is 8.74. The van der Waals surface area contributed by atoms with E-state index in [1.54, 1.807) is 17.6 Å². The Kier molecular flexibility index (Phi) is 9.16. The zero-order valence-corrected chi connectivity index (χ0v) is 29.5.